The summed E-state index contributed by atoms with van der Waals surface area (Å²) in [6, 6.07) is 16.8. The van der Waals surface area contributed by atoms with Crippen molar-refractivity contribution in [1.82, 2.24) is 16.0 Å². The van der Waals surface area contributed by atoms with Gasteiger partial charge in [0.1, 0.15) is 11.6 Å². The van der Waals surface area contributed by atoms with Crippen LogP contribution in [0.25, 0.3) is 0 Å². The molecule has 1 fully saturated rings. The van der Waals surface area contributed by atoms with Gasteiger partial charge in [-0.15, -0.1) is 12.4 Å². The number of aliphatic hydroxyl groups excluding tert-OH is 1. The first kappa shape index (κ1) is 33.4. The second kappa shape index (κ2) is 16.5. The van der Waals surface area contributed by atoms with Crippen LogP contribution in [0, 0.1) is 22.1 Å². The molecule has 0 unspecified atom stereocenters. The van der Waals surface area contributed by atoms with Gasteiger partial charge in [0.25, 0.3) is 5.91 Å². The maximum absolute atomic E-state index is 13.9. The number of halogens is 4. The van der Waals surface area contributed by atoms with E-state index in [0.29, 0.717) is 30.3 Å². The monoisotopic (exact) mass is 697 g/mol. The van der Waals surface area contributed by atoms with Gasteiger partial charge in [-0.1, -0.05) is 43.0 Å². The molecule has 0 aromatic heterocycles. The number of amides is 1. The van der Waals surface area contributed by atoms with Crippen molar-refractivity contribution in [3.63, 3.8) is 0 Å². The first-order chi connectivity index (χ1) is 19.2. The van der Waals surface area contributed by atoms with E-state index in [0.717, 1.165) is 26.3 Å². The Morgan fingerprint density at radius 1 is 0.951 bits per heavy atom. The van der Waals surface area contributed by atoms with E-state index in [2.05, 4.69) is 44.6 Å². The second-order valence-corrected chi connectivity index (χ2v) is 12.1. The molecule has 2 atom stereocenters. The van der Waals surface area contributed by atoms with Crippen LogP contribution in [-0.2, 0) is 19.5 Å². The normalized spacial score (nSPS) is 15.1. The van der Waals surface area contributed by atoms with Gasteiger partial charge in [0.05, 0.1) is 12.1 Å². The fraction of sp³-hybridized carbons (Fsp3) is 0.406. The predicted octanol–water partition coefficient (Wildman–Crippen LogP) is 6.21. The molecule has 0 radical (unpaired) electrons. The van der Waals surface area contributed by atoms with Crippen molar-refractivity contribution in [3.05, 3.63) is 104 Å². The minimum Gasteiger partial charge on any atom is -0.390 e. The largest absolute Gasteiger partial charge is 0.390 e. The van der Waals surface area contributed by atoms with Crippen LogP contribution in [0.4, 0.5) is 8.78 Å². The summed E-state index contributed by atoms with van der Waals surface area (Å²) in [5, 5.41) is 20.9. The number of carbonyl (C=O) groups is 1. The standard InChI is InChI=1S/C32H38F2IN3O2.ClH/c1-21-10-24(19-37-29-8-3-2-4-9-29)12-25(11-21)32(40)38-30(16-23-13-26(33)17-27(34)14-23)31(39)20-36-18-22-6-5-7-28(35)15-22;/h5-7,10-15,17,29-31,36-37,39H,2-4,8-9,16,18-20H2,1H3,(H,38,40);1H/t30-,31-;/m0./s1. The number of benzene rings is 3. The molecule has 0 bridgehead atoms. The summed E-state index contributed by atoms with van der Waals surface area (Å²) >= 11 is 2.25. The summed E-state index contributed by atoms with van der Waals surface area (Å²) in [6.07, 6.45) is 5.23. The molecule has 1 saturated carbocycles. The topological polar surface area (TPSA) is 73.4 Å². The summed E-state index contributed by atoms with van der Waals surface area (Å²) in [5.74, 6) is -1.72. The fourth-order valence-corrected chi connectivity index (χ4v) is 5.94. The van der Waals surface area contributed by atoms with Crippen LogP contribution in [0.1, 0.15) is 64.7 Å². The average Bonchev–Trinajstić information content (AvgIpc) is 2.91. The van der Waals surface area contributed by atoms with Gasteiger partial charge >= 0.3 is 0 Å². The molecular weight excluding hydrogens is 659 g/mol. The molecule has 3 aromatic rings. The van der Waals surface area contributed by atoms with Gasteiger partial charge in [0.2, 0.25) is 0 Å². The van der Waals surface area contributed by atoms with Crippen molar-refractivity contribution in [3.8, 4) is 0 Å². The van der Waals surface area contributed by atoms with Gasteiger partial charge in [-0.3, -0.25) is 4.79 Å². The quantitative estimate of drug-likeness (QED) is 0.170. The van der Waals surface area contributed by atoms with E-state index in [1.807, 2.05) is 43.3 Å². The van der Waals surface area contributed by atoms with Crippen LogP contribution < -0.4 is 16.0 Å². The lowest BCUT2D eigenvalue weighted by molar-refractivity contribution is 0.0829. The summed E-state index contributed by atoms with van der Waals surface area (Å²) < 4.78 is 28.9. The lowest BCUT2D eigenvalue weighted by Gasteiger charge is -2.25. The molecule has 222 valence electrons. The molecule has 3 aromatic carbocycles. The summed E-state index contributed by atoms with van der Waals surface area (Å²) in [7, 11) is 0. The Morgan fingerprint density at radius 2 is 1.68 bits per heavy atom. The predicted molar refractivity (Wildman–Crippen MR) is 170 cm³/mol. The Kier molecular flexibility index (Phi) is 13.4. The van der Waals surface area contributed by atoms with E-state index >= 15 is 0 Å². The molecule has 1 aliphatic carbocycles. The molecule has 0 aliphatic heterocycles. The maximum Gasteiger partial charge on any atom is 0.251 e. The van der Waals surface area contributed by atoms with E-state index in [1.165, 1.54) is 44.2 Å². The Bertz CT molecular complexity index is 1270. The molecule has 0 spiro atoms. The lowest BCUT2D eigenvalue weighted by atomic mass is 9.95. The molecule has 0 saturated heterocycles. The van der Waals surface area contributed by atoms with Crippen LogP contribution in [0.3, 0.4) is 0 Å². The van der Waals surface area contributed by atoms with Crippen molar-refractivity contribution in [1.29, 1.82) is 0 Å². The van der Waals surface area contributed by atoms with Crippen LogP contribution in [0.2, 0.25) is 0 Å². The first-order valence-electron chi connectivity index (χ1n) is 14.0. The van der Waals surface area contributed by atoms with Crippen molar-refractivity contribution >= 4 is 40.9 Å². The molecule has 1 amide bonds. The Hall–Kier alpha value is -2.11. The van der Waals surface area contributed by atoms with Crippen LogP contribution in [0.5, 0.6) is 0 Å². The number of rotatable bonds is 12. The van der Waals surface area contributed by atoms with Gasteiger partial charge in [-0.05, 0) is 102 Å². The number of aryl methyl sites for hydroxylation is 1. The van der Waals surface area contributed by atoms with E-state index in [4.69, 9.17) is 0 Å². The highest BCUT2D eigenvalue weighted by molar-refractivity contribution is 14.1. The Labute approximate surface area is 261 Å². The average molecular weight is 698 g/mol. The fourth-order valence-electron chi connectivity index (χ4n) is 5.34. The third kappa shape index (κ3) is 10.9. The Morgan fingerprint density at radius 3 is 2.39 bits per heavy atom. The summed E-state index contributed by atoms with van der Waals surface area (Å²) in [5.41, 5.74) is 3.92. The van der Waals surface area contributed by atoms with E-state index < -0.39 is 23.8 Å². The number of aliphatic hydroxyl groups is 1. The highest BCUT2D eigenvalue weighted by Crippen LogP contribution is 2.19. The third-order valence-electron chi connectivity index (χ3n) is 7.33. The van der Waals surface area contributed by atoms with Crippen LogP contribution in [-0.4, -0.2) is 35.7 Å². The molecule has 9 heteroatoms. The molecular formula is C32H39ClF2IN3O2. The minimum absolute atomic E-state index is 0. The number of hydrogen-bond acceptors (Lipinski definition) is 4. The molecule has 5 nitrogen and oxygen atoms in total. The summed E-state index contributed by atoms with van der Waals surface area (Å²) in [4.78, 5) is 13.4. The first-order valence-corrected chi connectivity index (χ1v) is 15.1. The van der Waals surface area contributed by atoms with Gasteiger partial charge in [-0.25, -0.2) is 8.78 Å². The molecule has 4 N–H and O–H groups in total. The van der Waals surface area contributed by atoms with Crippen molar-refractivity contribution in [2.45, 2.75) is 76.7 Å². The van der Waals surface area contributed by atoms with Gasteiger partial charge < -0.3 is 21.1 Å². The smallest absolute Gasteiger partial charge is 0.251 e. The summed E-state index contributed by atoms with van der Waals surface area (Å²) in [6.45, 7) is 3.37. The highest BCUT2D eigenvalue weighted by atomic mass is 127. The number of hydrogen-bond donors (Lipinski definition) is 4. The maximum atomic E-state index is 13.9. The van der Waals surface area contributed by atoms with Crippen molar-refractivity contribution in [2.24, 2.45) is 0 Å². The zero-order valence-electron chi connectivity index (χ0n) is 23.3. The molecule has 4 rings (SSSR count). The van der Waals surface area contributed by atoms with E-state index in [9.17, 15) is 18.7 Å². The van der Waals surface area contributed by atoms with E-state index in [1.54, 1.807) is 0 Å². The second-order valence-electron chi connectivity index (χ2n) is 10.8. The van der Waals surface area contributed by atoms with Crippen molar-refractivity contribution < 1.29 is 18.7 Å². The highest BCUT2D eigenvalue weighted by Gasteiger charge is 2.23. The SMILES string of the molecule is Cc1cc(CNC2CCCCC2)cc(C(=O)N[C@@H](Cc2cc(F)cc(F)c2)[C@@H](O)CNCc2cccc(I)c2)c1.Cl. The lowest BCUT2D eigenvalue weighted by Crippen LogP contribution is -2.48. The molecule has 41 heavy (non-hydrogen) atoms. The van der Waals surface area contributed by atoms with Crippen molar-refractivity contribution in [2.75, 3.05) is 6.54 Å². The van der Waals surface area contributed by atoms with E-state index in [-0.39, 0.29) is 31.3 Å². The van der Waals surface area contributed by atoms with Gasteiger partial charge in [-0.2, -0.15) is 0 Å². The Balaban J connectivity index is 0.00000462. The third-order valence-corrected chi connectivity index (χ3v) is 8.00. The van der Waals surface area contributed by atoms with Gasteiger partial charge in [0, 0.05) is 40.9 Å². The molecule has 0 heterocycles. The number of carbonyl (C=O) groups excluding carboxylic acids is 1. The zero-order chi connectivity index (χ0) is 28.5. The minimum atomic E-state index is -0.990. The van der Waals surface area contributed by atoms with Gasteiger partial charge in [0.15, 0.2) is 0 Å². The molecule has 1 aliphatic rings. The zero-order valence-corrected chi connectivity index (χ0v) is 26.2. The number of nitrogens with one attached hydrogen (secondary N) is 3. The van der Waals surface area contributed by atoms with Crippen LogP contribution >= 0.6 is 35.0 Å². The van der Waals surface area contributed by atoms with Crippen LogP contribution in [0.15, 0.2) is 60.7 Å².